The maximum absolute atomic E-state index is 11.7. The molecular weight excluding hydrogens is 382 g/mol. The molecule has 0 atom stereocenters. The van der Waals surface area contributed by atoms with Crippen molar-refractivity contribution in [2.24, 2.45) is 0 Å². The summed E-state index contributed by atoms with van der Waals surface area (Å²) in [5, 5.41) is 6.64. The Morgan fingerprint density at radius 2 is 2.03 bits per heavy atom. The summed E-state index contributed by atoms with van der Waals surface area (Å²) in [4.78, 5) is 30.1. The van der Waals surface area contributed by atoms with Crippen molar-refractivity contribution in [1.82, 2.24) is 24.8 Å². The number of methoxy groups -OCH3 is 1. The molecule has 1 saturated heterocycles. The molecular formula is C21H27N7O2. The van der Waals surface area contributed by atoms with Crippen LogP contribution in [0.4, 0.5) is 11.8 Å². The summed E-state index contributed by atoms with van der Waals surface area (Å²) in [5.74, 6) is 2.37. The van der Waals surface area contributed by atoms with Crippen LogP contribution in [0.3, 0.4) is 0 Å². The fourth-order valence-corrected chi connectivity index (χ4v) is 3.57. The van der Waals surface area contributed by atoms with E-state index in [1.807, 2.05) is 17.0 Å². The van der Waals surface area contributed by atoms with Crippen LogP contribution < -0.4 is 15.4 Å². The number of hydrogen-bond acceptors (Lipinski definition) is 7. The molecule has 9 nitrogen and oxygen atoms in total. The van der Waals surface area contributed by atoms with Crippen molar-refractivity contribution < 1.29 is 9.53 Å². The van der Waals surface area contributed by atoms with Gasteiger partial charge in [0.15, 0.2) is 11.5 Å². The van der Waals surface area contributed by atoms with E-state index in [2.05, 4.69) is 42.7 Å². The van der Waals surface area contributed by atoms with Crippen molar-refractivity contribution in [2.45, 2.75) is 25.7 Å². The predicted octanol–water partition coefficient (Wildman–Crippen LogP) is 2.44. The van der Waals surface area contributed by atoms with E-state index in [-0.39, 0.29) is 5.91 Å². The quantitative estimate of drug-likeness (QED) is 0.441. The van der Waals surface area contributed by atoms with E-state index in [0.29, 0.717) is 24.6 Å². The van der Waals surface area contributed by atoms with Crippen molar-refractivity contribution >= 4 is 28.8 Å². The second-order valence-corrected chi connectivity index (χ2v) is 7.29. The number of aromatic nitrogens is 4. The number of fused-ring (bicyclic) bond motifs is 1. The molecule has 30 heavy (non-hydrogen) atoms. The van der Waals surface area contributed by atoms with E-state index in [1.165, 1.54) is 5.56 Å². The van der Waals surface area contributed by atoms with Crippen LogP contribution in [0, 0.1) is 0 Å². The van der Waals surface area contributed by atoms with Gasteiger partial charge in [-0.15, -0.1) is 0 Å². The largest absolute Gasteiger partial charge is 0.497 e. The Morgan fingerprint density at radius 1 is 1.17 bits per heavy atom. The Bertz CT molecular complexity index is 987. The Kier molecular flexibility index (Phi) is 6.26. The van der Waals surface area contributed by atoms with E-state index in [0.717, 1.165) is 56.0 Å². The highest BCUT2D eigenvalue weighted by molar-refractivity contribution is 5.83. The minimum absolute atomic E-state index is 0.257. The van der Waals surface area contributed by atoms with E-state index >= 15 is 0 Å². The number of amides is 1. The average molecular weight is 409 g/mol. The lowest BCUT2D eigenvalue weighted by molar-refractivity contribution is -0.127. The van der Waals surface area contributed by atoms with Crippen molar-refractivity contribution in [2.75, 3.05) is 43.9 Å². The fraction of sp³-hybridized carbons (Fsp3) is 0.429. The van der Waals surface area contributed by atoms with Gasteiger partial charge in [-0.05, 0) is 37.0 Å². The SMILES string of the molecule is COc1ccc(CCNc2nc(NCCCN3CCCC3=O)nc3nc[nH]c23)cc1. The molecule has 1 aliphatic heterocycles. The normalized spacial score (nSPS) is 13.8. The Labute approximate surface area is 175 Å². The van der Waals surface area contributed by atoms with Gasteiger partial charge in [0.05, 0.1) is 13.4 Å². The van der Waals surface area contributed by atoms with Crippen LogP contribution in [-0.2, 0) is 11.2 Å². The fourth-order valence-electron chi connectivity index (χ4n) is 3.57. The molecule has 0 unspecified atom stereocenters. The van der Waals surface area contributed by atoms with Gasteiger partial charge in [0.1, 0.15) is 11.3 Å². The second kappa shape index (κ2) is 9.43. The van der Waals surface area contributed by atoms with Gasteiger partial charge in [-0.1, -0.05) is 12.1 Å². The third kappa shape index (κ3) is 4.79. The number of likely N-dealkylation sites (tertiary alicyclic amines) is 1. The summed E-state index contributed by atoms with van der Waals surface area (Å²) < 4.78 is 5.20. The lowest BCUT2D eigenvalue weighted by Crippen LogP contribution is -2.27. The molecule has 0 aliphatic carbocycles. The number of nitrogens with zero attached hydrogens (tertiary/aromatic N) is 4. The van der Waals surface area contributed by atoms with Crippen molar-refractivity contribution in [3.05, 3.63) is 36.2 Å². The molecule has 1 amide bonds. The Hall–Kier alpha value is -3.36. The van der Waals surface area contributed by atoms with Gasteiger partial charge in [-0.25, -0.2) is 4.98 Å². The van der Waals surface area contributed by atoms with Gasteiger partial charge in [-0.2, -0.15) is 9.97 Å². The Balaban J connectivity index is 1.32. The van der Waals surface area contributed by atoms with Crippen molar-refractivity contribution in [3.8, 4) is 5.75 Å². The molecule has 0 saturated carbocycles. The zero-order valence-corrected chi connectivity index (χ0v) is 17.1. The number of hydrogen-bond donors (Lipinski definition) is 3. The van der Waals surface area contributed by atoms with Gasteiger partial charge in [0.2, 0.25) is 11.9 Å². The number of aromatic amines is 1. The summed E-state index contributed by atoms with van der Waals surface area (Å²) in [5.41, 5.74) is 2.63. The minimum atomic E-state index is 0.257. The van der Waals surface area contributed by atoms with Crippen molar-refractivity contribution in [1.29, 1.82) is 0 Å². The summed E-state index contributed by atoms with van der Waals surface area (Å²) in [6.07, 6.45) is 4.98. The van der Waals surface area contributed by atoms with Crippen molar-refractivity contribution in [3.63, 3.8) is 0 Å². The third-order valence-electron chi connectivity index (χ3n) is 5.21. The van der Waals surface area contributed by atoms with Crippen LogP contribution >= 0.6 is 0 Å². The first kappa shape index (κ1) is 19.9. The van der Waals surface area contributed by atoms with Gasteiger partial charge in [-0.3, -0.25) is 4.79 Å². The maximum Gasteiger partial charge on any atom is 0.226 e. The highest BCUT2D eigenvalue weighted by atomic mass is 16.5. The number of H-pyrrole nitrogens is 1. The monoisotopic (exact) mass is 409 g/mol. The lowest BCUT2D eigenvalue weighted by atomic mass is 10.1. The number of carbonyl (C=O) groups is 1. The number of anilines is 2. The van der Waals surface area contributed by atoms with E-state index in [1.54, 1.807) is 13.4 Å². The van der Waals surface area contributed by atoms with Gasteiger partial charge in [0.25, 0.3) is 0 Å². The second-order valence-electron chi connectivity index (χ2n) is 7.29. The first-order valence-electron chi connectivity index (χ1n) is 10.3. The molecule has 4 rings (SSSR count). The summed E-state index contributed by atoms with van der Waals surface area (Å²) >= 11 is 0. The number of carbonyl (C=O) groups excluding carboxylic acids is 1. The minimum Gasteiger partial charge on any atom is -0.497 e. The van der Waals surface area contributed by atoms with Gasteiger partial charge >= 0.3 is 0 Å². The molecule has 3 aromatic rings. The molecule has 0 bridgehead atoms. The highest BCUT2D eigenvalue weighted by Gasteiger charge is 2.19. The van der Waals surface area contributed by atoms with E-state index < -0.39 is 0 Å². The topological polar surface area (TPSA) is 108 Å². The molecule has 158 valence electrons. The molecule has 1 aromatic carbocycles. The average Bonchev–Trinajstić information content (AvgIpc) is 3.40. The molecule has 2 aromatic heterocycles. The van der Waals surface area contributed by atoms with Crippen LogP contribution in [0.25, 0.3) is 11.2 Å². The standard InChI is InChI=1S/C21H27N7O2/c1-30-16-7-5-15(6-8-16)9-11-22-19-18-20(25-14-24-18)27-21(26-19)23-10-3-13-28-12-2-4-17(28)29/h5-8,14H,2-4,9-13H2,1H3,(H3,22,23,24,25,26,27). The molecule has 3 heterocycles. The summed E-state index contributed by atoms with van der Waals surface area (Å²) in [7, 11) is 1.67. The first-order valence-corrected chi connectivity index (χ1v) is 10.3. The van der Waals surface area contributed by atoms with Crippen LogP contribution in [-0.4, -0.2) is 64.0 Å². The lowest BCUT2D eigenvalue weighted by Gasteiger charge is -2.15. The zero-order valence-electron chi connectivity index (χ0n) is 17.1. The molecule has 3 N–H and O–H groups in total. The number of imidazole rings is 1. The number of nitrogens with one attached hydrogen (secondary N) is 3. The van der Waals surface area contributed by atoms with E-state index in [9.17, 15) is 4.79 Å². The highest BCUT2D eigenvalue weighted by Crippen LogP contribution is 2.19. The smallest absolute Gasteiger partial charge is 0.226 e. The molecule has 0 spiro atoms. The van der Waals surface area contributed by atoms with Crippen LogP contribution in [0.15, 0.2) is 30.6 Å². The molecule has 0 radical (unpaired) electrons. The van der Waals surface area contributed by atoms with Crippen LogP contribution in [0.2, 0.25) is 0 Å². The van der Waals surface area contributed by atoms with Gasteiger partial charge < -0.3 is 25.3 Å². The third-order valence-corrected chi connectivity index (χ3v) is 5.21. The van der Waals surface area contributed by atoms with Crippen LogP contribution in [0.1, 0.15) is 24.8 Å². The first-order chi connectivity index (χ1) is 14.7. The summed E-state index contributed by atoms with van der Waals surface area (Å²) in [6, 6.07) is 8.05. The predicted molar refractivity (Wildman–Crippen MR) is 116 cm³/mol. The number of ether oxygens (including phenoxy) is 1. The number of rotatable bonds is 10. The van der Waals surface area contributed by atoms with E-state index in [4.69, 9.17) is 4.74 Å². The number of benzene rings is 1. The summed E-state index contributed by atoms with van der Waals surface area (Å²) in [6.45, 7) is 3.07. The molecule has 1 fully saturated rings. The van der Waals surface area contributed by atoms with Gasteiger partial charge in [0, 0.05) is 32.6 Å². The Morgan fingerprint density at radius 3 is 2.80 bits per heavy atom. The maximum atomic E-state index is 11.7. The molecule has 1 aliphatic rings. The van der Waals surface area contributed by atoms with Crippen LogP contribution in [0.5, 0.6) is 5.75 Å². The zero-order chi connectivity index (χ0) is 20.8. The molecule has 9 heteroatoms.